The van der Waals surface area contributed by atoms with Crippen LogP contribution in [0.1, 0.15) is 10.4 Å². The maximum absolute atomic E-state index is 14.1. The Morgan fingerprint density at radius 1 is 1.00 bits per heavy atom. The van der Waals surface area contributed by atoms with Gasteiger partial charge in [0, 0.05) is 12.1 Å². The topological polar surface area (TPSA) is 81.7 Å². The quantitative estimate of drug-likeness (QED) is 0.869. The van der Waals surface area contributed by atoms with Crippen LogP contribution in [-0.2, 0) is 10.0 Å². The van der Waals surface area contributed by atoms with Crippen molar-refractivity contribution in [2.75, 3.05) is 13.4 Å². The van der Waals surface area contributed by atoms with Crippen LogP contribution in [0.2, 0.25) is 0 Å². The summed E-state index contributed by atoms with van der Waals surface area (Å²) in [4.78, 5) is 11.6. The largest absolute Gasteiger partial charge is 0.493 e. The van der Waals surface area contributed by atoms with Gasteiger partial charge in [-0.15, -0.1) is 0 Å². The van der Waals surface area contributed by atoms with Crippen molar-refractivity contribution in [3.8, 4) is 17.2 Å². The highest BCUT2D eigenvalue weighted by molar-refractivity contribution is 7.89. The Morgan fingerprint density at radius 2 is 1.68 bits per heavy atom. The molecule has 0 bridgehead atoms. The van der Waals surface area contributed by atoms with Gasteiger partial charge in [-0.2, -0.15) is 0 Å². The van der Waals surface area contributed by atoms with E-state index in [0.717, 1.165) is 18.2 Å². The zero-order valence-corrected chi connectivity index (χ0v) is 13.8. The van der Waals surface area contributed by atoms with Gasteiger partial charge in [-0.25, -0.2) is 26.3 Å². The predicted molar refractivity (Wildman–Crippen MR) is 81.7 cm³/mol. The van der Waals surface area contributed by atoms with Crippen molar-refractivity contribution in [2.24, 2.45) is 0 Å². The summed E-state index contributed by atoms with van der Waals surface area (Å²) >= 11 is 0. The van der Waals surface area contributed by atoms with Crippen molar-refractivity contribution in [2.45, 2.75) is 0 Å². The summed E-state index contributed by atoms with van der Waals surface area (Å²) in [6.07, 6.45) is 0.692. The second kappa shape index (κ2) is 7.01. The molecule has 1 N–H and O–H groups in total. The van der Waals surface area contributed by atoms with E-state index in [2.05, 4.69) is 0 Å². The van der Waals surface area contributed by atoms with Crippen molar-refractivity contribution in [1.82, 2.24) is 4.72 Å². The highest BCUT2D eigenvalue weighted by atomic mass is 32.2. The second-order valence-corrected chi connectivity index (χ2v) is 6.61. The number of nitrogens with one attached hydrogen (secondary N) is 1. The maximum atomic E-state index is 14.1. The van der Waals surface area contributed by atoms with E-state index in [1.54, 1.807) is 0 Å². The lowest BCUT2D eigenvalue weighted by molar-refractivity contribution is 0.0977. The fourth-order valence-electron chi connectivity index (χ4n) is 1.85. The van der Waals surface area contributed by atoms with E-state index in [1.165, 1.54) is 11.8 Å². The molecule has 0 spiro atoms. The average Bonchev–Trinajstić information content (AvgIpc) is 2.50. The Labute approximate surface area is 141 Å². The third kappa shape index (κ3) is 4.63. The molecule has 0 radical (unpaired) electrons. The summed E-state index contributed by atoms with van der Waals surface area (Å²) in [6, 6.07) is 4.21. The van der Waals surface area contributed by atoms with Gasteiger partial charge in [-0.3, -0.25) is 4.79 Å². The Kier molecular flexibility index (Phi) is 5.21. The summed E-state index contributed by atoms with van der Waals surface area (Å²) in [7, 11) is -2.71. The molecule has 25 heavy (non-hydrogen) atoms. The molecule has 2 rings (SSSR count). The average molecular weight is 375 g/mol. The zero-order chi connectivity index (χ0) is 18.8. The predicted octanol–water partition coefficient (Wildman–Crippen LogP) is 2.59. The van der Waals surface area contributed by atoms with Crippen LogP contribution in [0.15, 0.2) is 30.3 Å². The summed E-state index contributed by atoms with van der Waals surface area (Å²) in [5, 5.41) is 0. The molecule has 0 atom stereocenters. The van der Waals surface area contributed by atoms with Crippen molar-refractivity contribution in [3.63, 3.8) is 0 Å². The molecule has 10 heteroatoms. The SMILES string of the molecule is COc1cc(F)ccc1Oc1cc(F)c(C(=O)NS(C)(=O)=O)cc1F. The summed E-state index contributed by atoms with van der Waals surface area (Å²) in [5.74, 6) is -5.04. The van der Waals surface area contributed by atoms with E-state index in [-0.39, 0.29) is 11.5 Å². The van der Waals surface area contributed by atoms with Crippen LogP contribution in [0.5, 0.6) is 17.2 Å². The van der Waals surface area contributed by atoms with Crippen LogP contribution >= 0.6 is 0 Å². The fourth-order valence-corrected chi connectivity index (χ4v) is 2.30. The third-order valence-corrected chi connectivity index (χ3v) is 3.45. The molecular weight excluding hydrogens is 363 g/mol. The Hall–Kier alpha value is -2.75. The zero-order valence-electron chi connectivity index (χ0n) is 13.0. The number of benzene rings is 2. The Morgan fingerprint density at radius 3 is 2.28 bits per heavy atom. The maximum Gasteiger partial charge on any atom is 0.267 e. The first-order chi connectivity index (χ1) is 11.6. The molecule has 6 nitrogen and oxygen atoms in total. The first-order valence-electron chi connectivity index (χ1n) is 6.63. The van der Waals surface area contributed by atoms with Gasteiger partial charge < -0.3 is 9.47 Å². The molecule has 1 amide bonds. The molecule has 0 saturated heterocycles. The molecule has 0 aliphatic carbocycles. The van der Waals surface area contributed by atoms with E-state index in [1.807, 2.05) is 0 Å². The van der Waals surface area contributed by atoms with Crippen LogP contribution in [0.4, 0.5) is 13.2 Å². The molecular formula is C15H12F3NO5S. The van der Waals surface area contributed by atoms with E-state index in [0.29, 0.717) is 18.4 Å². The molecule has 2 aromatic carbocycles. The minimum atomic E-state index is -3.94. The number of sulfonamides is 1. The van der Waals surface area contributed by atoms with Crippen LogP contribution in [0.25, 0.3) is 0 Å². The van der Waals surface area contributed by atoms with Gasteiger partial charge in [0.15, 0.2) is 23.1 Å². The van der Waals surface area contributed by atoms with Crippen LogP contribution < -0.4 is 14.2 Å². The van der Waals surface area contributed by atoms with E-state index in [4.69, 9.17) is 9.47 Å². The standard InChI is InChI=1S/C15H12F3NO5S/c1-23-14-5-8(16)3-4-12(14)24-13-7-10(17)9(6-11(13)18)15(20)19-25(2,21)22/h3-7H,1-2H3,(H,19,20). The van der Waals surface area contributed by atoms with Crippen LogP contribution in [0.3, 0.4) is 0 Å². The smallest absolute Gasteiger partial charge is 0.267 e. The van der Waals surface area contributed by atoms with E-state index >= 15 is 0 Å². The van der Waals surface area contributed by atoms with Crippen molar-refractivity contribution in [3.05, 3.63) is 53.3 Å². The molecule has 0 unspecified atom stereocenters. The highest BCUT2D eigenvalue weighted by Crippen LogP contribution is 2.34. The second-order valence-electron chi connectivity index (χ2n) is 4.86. The number of hydrogen-bond acceptors (Lipinski definition) is 5. The van der Waals surface area contributed by atoms with E-state index in [9.17, 15) is 26.4 Å². The summed E-state index contributed by atoms with van der Waals surface area (Å²) in [5.41, 5.74) is -0.818. The van der Waals surface area contributed by atoms with Gasteiger partial charge in [0.05, 0.1) is 18.9 Å². The first kappa shape index (κ1) is 18.6. The summed E-state index contributed by atoms with van der Waals surface area (Å²) in [6.45, 7) is 0. The number of carbonyl (C=O) groups is 1. The van der Waals surface area contributed by atoms with Gasteiger partial charge in [0.2, 0.25) is 10.0 Å². The number of hydrogen-bond donors (Lipinski definition) is 1. The monoisotopic (exact) mass is 375 g/mol. The third-order valence-electron chi connectivity index (χ3n) is 2.89. The Bertz CT molecular complexity index is 931. The van der Waals surface area contributed by atoms with Crippen LogP contribution in [-0.4, -0.2) is 27.7 Å². The highest BCUT2D eigenvalue weighted by Gasteiger charge is 2.20. The van der Waals surface area contributed by atoms with Gasteiger partial charge in [0.1, 0.15) is 11.6 Å². The molecule has 0 aromatic heterocycles. The first-order valence-corrected chi connectivity index (χ1v) is 8.52. The molecule has 0 saturated carbocycles. The van der Waals surface area contributed by atoms with Crippen molar-refractivity contribution in [1.29, 1.82) is 0 Å². The van der Waals surface area contributed by atoms with Gasteiger partial charge in [0.25, 0.3) is 5.91 Å². The van der Waals surface area contributed by atoms with Crippen molar-refractivity contribution < 1.29 is 35.9 Å². The lowest BCUT2D eigenvalue weighted by Crippen LogP contribution is -2.30. The van der Waals surface area contributed by atoms with Gasteiger partial charge in [-0.05, 0) is 18.2 Å². The number of ether oxygens (including phenoxy) is 2. The molecule has 0 aliphatic rings. The van der Waals surface area contributed by atoms with E-state index < -0.39 is 44.7 Å². The molecule has 0 heterocycles. The number of amides is 1. The number of halogens is 3. The van der Waals surface area contributed by atoms with Crippen LogP contribution in [0, 0.1) is 17.5 Å². The summed E-state index contributed by atoms with van der Waals surface area (Å²) < 4.78 is 74.8. The number of carbonyl (C=O) groups excluding carboxylic acids is 1. The lowest BCUT2D eigenvalue weighted by atomic mass is 10.2. The normalized spacial score (nSPS) is 11.1. The van der Waals surface area contributed by atoms with Gasteiger partial charge >= 0.3 is 0 Å². The Balaban J connectivity index is 2.36. The molecule has 0 fully saturated rings. The molecule has 2 aromatic rings. The number of rotatable bonds is 5. The lowest BCUT2D eigenvalue weighted by Gasteiger charge is -2.12. The molecule has 134 valence electrons. The van der Waals surface area contributed by atoms with Gasteiger partial charge in [-0.1, -0.05) is 0 Å². The minimum Gasteiger partial charge on any atom is -0.493 e. The fraction of sp³-hybridized carbons (Fsp3) is 0.133. The minimum absolute atomic E-state index is 0.0568. The van der Waals surface area contributed by atoms with Crippen molar-refractivity contribution >= 4 is 15.9 Å². The number of methoxy groups -OCH3 is 1. The molecule has 0 aliphatic heterocycles.